The van der Waals surface area contributed by atoms with Crippen molar-refractivity contribution in [2.45, 2.75) is 75.8 Å². The highest BCUT2D eigenvalue weighted by atomic mass is 19.1. The van der Waals surface area contributed by atoms with Crippen molar-refractivity contribution in [2.24, 2.45) is 0 Å². The van der Waals surface area contributed by atoms with Crippen LogP contribution in [0.5, 0.6) is 5.75 Å². The smallest absolute Gasteiger partial charge is 0.306 e. The lowest BCUT2D eigenvalue weighted by molar-refractivity contribution is -0.140. The van der Waals surface area contributed by atoms with Crippen LogP contribution in [-0.2, 0) is 27.1 Å². The number of hydrogen-bond acceptors (Lipinski definition) is 7. The molecule has 2 saturated heterocycles. The highest BCUT2D eigenvalue weighted by molar-refractivity contribution is 5.70. The lowest BCUT2D eigenvalue weighted by Gasteiger charge is -2.25. The van der Waals surface area contributed by atoms with Crippen molar-refractivity contribution < 1.29 is 23.4 Å². The first-order valence-corrected chi connectivity index (χ1v) is 13.5. The SMILES string of the molecule is COC(=O)C[C@H](C)c1cccc(O[C@H]2CO[C@H](N3CC[C@@](F)(CCc4ccc5c(n4)NCCC5)C3)C2)c1. The van der Waals surface area contributed by atoms with E-state index in [2.05, 4.69) is 22.3 Å². The minimum Gasteiger partial charge on any atom is -0.488 e. The first-order chi connectivity index (χ1) is 17.9. The van der Waals surface area contributed by atoms with Gasteiger partial charge in [-0.25, -0.2) is 9.37 Å². The van der Waals surface area contributed by atoms with E-state index in [0.717, 1.165) is 42.2 Å². The molecule has 3 aliphatic rings. The summed E-state index contributed by atoms with van der Waals surface area (Å²) in [6.45, 7) is 4.51. The second kappa shape index (κ2) is 11.4. The van der Waals surface area contributed by atoms with Crippen LogP contribution in [0.15, 0.2) is 36.4 Å². The molecule has 0 amide bonds. The average molecular weight is 512 g/mol. The number of esters is 1. The van der Waals surface area contributed by atoms with Crippen molar-refractivity contribution >= 4 is 11.8 Å². The van der Waals surface area contributed by atoms with Gasteiger partial charge in [0.15, 0.2) is 0 Å². The number of pyridine rings is 1. The van der Waals surface area contributed by atoms with Crippen LogP contribution >= 0.6 is 0 Å². The molecular formula is C29H38FN3O4. The fraction of sp³-hybridized carbons (Fsp3) is 0.586. The molecule has 2 aromatic rings. The third-order valence-electron chi connectivity index (χ3n) is 7.89. The van der Waals surface area contributed by atoms with Crippen LogP contribution in [-0.4, -0.2) is 67.2 Å². The molecule has 200 valence electrons. The minimum absolute atomic E-state index is 0.0404. The van der Waals surface area contributed by atoms with Gasteiger partial charge in [0.1, 0.15) is 29.6 Å². The molecule has 7 nitrogen and oxygen atoms in total. The van der Waals surface area contributed by atoms with E-state index >= 15 is 4.39 Å². The van der Waals surface area contributed by atoms with E-state index < -0.39 is 5.67 Å². The number of likely N-dealkylation sites (tertiary alicyclic amines) is 1. The van der Waals surface area contributed by atoms with Crippen LogP contribution in [0.1, 0.15) is 61.8 Å². The first-order valence-electron chi connectivity index (χ1n) is 13.5. The van der Waals surface area contributed by atoms with E-state index in [1.807, 2.05) is 31.2 Å². The van der Waals surface area contributed by atoms with Gasteiger partial charge in [0.2, 0.25) is 0 Å². The van der Waals surface area contributed by atoms with Gasteiger partial charge >= 0.3 is 5.97 Å². The third-order valence-corrected chi connectivity index (χ3v) is 7.89. The summed E-state index contributed by atoms with van der Waals surface area (Å²) in [5.41, 5.74) is 2.02. The number of aryl methyl sites for hydroxylation is 2. The number of aromatic nitrogens is 1. The number of anilines is 1. The van der Waals surface area contributed by atoms with Gasteiger partial charge in [-0.2, -0.15) is 0 Å². The molecule has 37 heavy (non-hydrogen) atoms. The number of nitrogens with zero attached hydrogens (tertiary/aromatic N) is 2. The van der Waals surface area contributed by atoms with Gasteiger partial charge < -0.3 is 19.5 Å². The number of nitrogens with one attached hydrogen (secondary N) is 1. The predicted octanol–water partition coefficient (Wildman–Crippen LogP) is 4.65. The van der Waals surface area contributed by atoms with E-state index in [-0.39, 0.29) is 24.2 Å². The molecule has 4 atom stereocenters. The van der Waals surface area contributed by atoms with Crippen LogP contribution in [0.2, 0.25) is 0 Å². The topological polar surface area (TPSA) is 72.9 Å². The van der Waals surface area contributed by atoms with Crippen molar-refractivity contribution in [1.29, 1.82) is 0 Å². The summed E-state index contributed by atoms with van der Waals surface area (Å²) in [4.78, 5) is 18.5. The second-order valence-electron chi connectivity index (χ2n) is 10.7. The predicted molar refractivity (Wildman–Crippen MR) is 140 cm³/mol. The van der Waals surface area contributed by atoms with Gasteiger partial charge in [-0.05, 0) is 67.3 Å². The number of alkyl halides is 1. The number of fused-ring (bicyclic) bond motifs is 1. The Morgan fingerprint density at radius 1 is 1.35 bits per heavy atom. The van der Waals surface area contributed by atoms with Crippen LogP contribution in [0.4, 0.5) is 10.2 Å². The Bertz CT molecular complexity index is 1100. The monoisotopic (exact) mass is 511 g/mol. The third kappa shape index (κ3) is 6.41. The Morgan fingerprint density at radius 2 is 2.24 bits per heavy atom. The van der Waals surface area contributed by atoms with Crippen molar-refractivity contribution in [3.05, 3.63) is 53.2 Å². The fourth-order valence-corrected chi connectivity index (χ4v) is 5.63. The number of halogens is 1. The van der Waals surface area contributed by atoms with Crippen molar-refractivity contribution in [3.63, 3.8) is 0 Å². The fourth-order valence-electron chi connectivity index (χ4n) is 5.63. The zero-order valence-corrected chi connectivity index (χ0v) is 21.9. The zero-order valence-electron chi connectivity index (χ0n) is 21.9. The summed E-state index contributed by atoms with van der Waals surface area (Å²) >= 11 is 0. The molecule has 1 aromatic heterocycles. The molecule has 8 heteroatoms. The number of carbonyl (C=O) groups is 1. The second-order valence-corrected chi connectivity index (χ2v) is 10.7. The molecular weight excluding hydrogens is 473 g/mol. The summed E-state index contributed by atoms with van der Waals surface area (Å²) in [5, 5.41) is 3.36. The molecule has 0 saturated carbocycles. The summed E-state index contributed by atoms with van der Waals surface area (Å²) in [7, 11) is 1.41. The summed E-state index contributed by atoms with van der Waals surface area (Å²) < 4.78 is 32.8. The maximum Gasteiger partial charge on any atom is 0.306 e. The van der Waals surface area contributed by atoms with Gasteiger partial charge in [0.25, 0.3) is 0 Å². The highest BCUT2D eigenvalue weighted by Crippen LogP contribution is 2.35. The Hall–Kier alpha value is -2.71. The maximum absolute atomic E-state index is 15.7. The first kappa shape index (κ1) is 25.9. The number of ether oxygens (including phenoxy) is 3. The quantitative estimate of drug-likeness (QED) is 0.492. The van der Waals surface area contributed by atoms with E-state index in [1.54, 1.807) is 0 Å². The van der Waals surface area contributed by atoms with Gasteiger partial charge in [-0.1, -0.05) is 25.1 Å². The molecule has 0 unspecified atom stereocenters. The van der Waals surface area contributed by atoms with Gasteiger partial charge in [-0.3, -0.25) is 9.69 Å². The standard InChI is InChI=1S/C29H38FN3O4/c1-20(15-27(34)35-2)22-5-3-7-24(16-22)37-25-17-26(36-18-25)33-14-12-29(30,19-33)11-10-23-9-8-21-6-4-13-31-28(21)32-23/h3,5,7-9,16,20,25-26H,4,6,10-15,17-19H2,1-2H3,(H,31,32)/t20-,25+,26-,29-/m0/s1. The van der Waals surface area contributed by atoms with Gasteiger partial charge in [0, 0.05) is 31.7 Å². The minimum atomic E-state index is -1.22. The Balaban J connectivity index is 1.11. The molecule has 2 fully saturated rings. The molecule has 0 aliphatic carbocycles. The largest absolute Gasteiger partial charge is 0.488 e. The molecule has 4 heterocycles. The highest BCUT2D eigenvalue weighted by Gasteiger charge is 2.43. The molecule has 1 N–H and O–H groups in total. The lowest BCUT2D eigenvalue weighted by Crippen LogP contribution is -2.36. The summed E-state index contributed by atoms with van der Waals surface area (Å²) in [5.74, 6) is 1.55. The van der Waals surface area contributed by atoms with Crippen LogP contribution in [0.3, 0.4) is 0 Å². The van der Waals surface area contributed by atoms with E-state index in [1.165, 1.54) is 12.7 Å². The summed E-state index contributed by atoms with van der Waals surface area (Å²) in [6.07, 6.45) is 4.64. The number of methoxy groups -OCH3 is 1. The number of carbonyl (C=O) groups excluding carboxylic acids is 1. The zero-order chi connectivity index (χ0) is 25.8. The normalized spacial score (nSPS) is 26.4. The van der Waals surface area contributed by atoms with Crippen molar-refractivity contribution in [2.75, 3.05) is 38.7 Å². The number of rotatable bonds is 9. The average Bonchev–Trinajstić information content (AvgIpc) is 3.54. The van der Waals surface area contributed by atoms with E-state index in [4.69, 9.17) is 19.2 Å². The maximum atomic E-state index is 15.7. The Labute approximate surface area is 218 Å². The van der Waals surface area contributed by atoms with Crippen LogP contribution < -0.4 is 10.1 Å². The summed E-state index contributed by atoms with van der Waals surface area (Å²) in [6, 6.07) is 12.0. The van der Waals surface area contributed by atoms with Crippen molar-refractivity contribution in [1.82, 2.24) is 9.88 Å². The Kier molecular flexibility index (Phi) is 7.95. The number of benzene rings is 1. The van der Waals surface area contributed by atoms with Gasteiger partial charge in [-0.15, -0.1) is 0 Å². The van der Waals surface area contributed by atoms with Crippen LogP contribution in [0.25, 0.3) is 0 Å². The van der Waals surface area contributed by atoms with E-state index in [9.17, 15) is 4.79 Å². The molecule has 3 aliphatic heterocycles. The molecule has 5 rings (SSSR count). The lowest BCUT2D eigenvalue weighted by atomic mass is 9.97. The molecule has 0 bridgehead atoms. The molecule has 1 aromatic carbocycles. The van der Waals surface area contributed by atoms with E-state index in [0.29, 0.717) is 51.8 Å². The van der Waals surface area contributed by atoms with Gasteiger partial charge in [0.05, 0.1) is 20.1 Å². The Morgan fingerprint density at radius 3 is 3.11 bits per heavy atom. The number of hydrogen-bond donors (Lipinski definition) is 1. The van der Waals surface area contributed by atoms with Crippen LogP contribution in [0, 0.1) is 0 Å². The molecule has 0 spiro atoms. The molecule has 0 radical (unpaired) electrons. The van der Waals surface area contributed by atoms with Crippen molar-refractivity contribution in [3.8, 4) is 5.75 Å².